The van der Waals surface area contributed by atoms with Gasteiger partial charge in [-0.2, -0.15) is 0 Å². The third kappa shape index (κ3) is 6.32. The SMILES string of the molecule is Cc1cccc(CNC(=O)CCNc2ccc(OC(C)C)cc2)c1. The van der Waals surface area contributed by atoms with Crippen molar-refractivity contribution in [1.29, 1.82) is 0 Å². The molecule has 0 aliphatic rings. The first kappa shape index (κ1) is 17.9. The van der Waals surface area contributed by atoms with E-state index in [1.807, 2.05) is 63.2 Å². The highest BCUT2D eigenvalue weighted by molar-refractivity contribution is 5.76. The number of benzene rings is 2. The minimum absolute atomic E-state index is 0.0452. The highest BCUT2D eigenvalue weighted by Crippen LogP contribution is 2.16. The molecule has 0 fully saturated rings. The van der Waals surface area contributed by atoms with Crippen LogP contribution in [0.5, 0.6) is 5.75 Å². The summed E-state index contributed by atoms with van der Waals surface area (Å²) in [5.41, 5.74) is 3.31. The molecule has 0 aromatic heterocycles. The minimum atomic E-state index is 0.0452. The van der Waals surface area contributed by atoms with Crippen LogP contribution < -0.4 is 15.4 Å². The fourth-order valence-electron chi connectivity index (χ4n) is 2.36. The fourth-order valence-corrected chi connectivity index (χ4v) is 2.36. The van der Waals surface area contributed by atoms with Gasteiger partial charge in [0.15, 0.2) is 0 Å². The predicted molar refractivity (Wildman–Crippen MR) is 98.3 cm³/mol. The lowest BCUT2D eigenvalue weighted by molar-refractivity contribution is -0.121. The van der Waals surface area contributed by atoms with E-state index in [9.17, 15) is 4.79 Å². The first-order valence-corrected chi connectivity index (χ1v) is 8.36. The van der Waals surface area contributed by atoms with Crippen molar-refractivity contribution in [2.75, 3.05) is 11.9 Å². The van der Waals surface area contributed by atoms with Gasteiger partial charge >= 0.3 is 0 Å². The van der Waals surface area contributed by atoms with Gasteiger partial charge in [0, 0.05) is 25.2 Å². The number of anilines is 1. The molecule has 2 aromatic rings. The van der Waals surface area contributed by atoms with E-state index in [4.69, 9.17) is 4.74 Å². The molecule has 2 rings (SSSR count). The van der Waals surface area contributed by atoms with Crippen LogP contribution in [0, 0.1) is 6.92 Å². The van der Waals surface area contributed by atoms with E-state index in [1.165, 1.54) is 5.56 Å². The molecule has 2 aromatic carbocycles. The first-order valence-electron chi connectivity index (χ1n) is 8.36. The van der Waals surface area contributed by atoms with Crippen molar-refractivity contribution in [2.24, 2.45) is 0 Å². The van der Waals surface area contributed by atoms with Gasteiger partial charge < -0.3 is 15.4 Å². The number of hydrogen-bond donors (Lipinski definition) is 2. The van der Waals surface area contributed by atoms with Crippen molar-refractivity contribution in [1.82, 2.24) is 5.32 Å². The highest BCUT2D eigenvalue weighted by Gasteiger charge is 2.02. The highest BCUT2D eigenvalue weighted by atomic mass is 16.5. The largest absolute Gasteiger partial charge is 0.491 e. The standard InChI is InChI=1S/C20H26N2O2/c1-15(2)24-19-9-7-18(8-10-19)21-12-11-20(23)22-14-17-6-4-5-16(3)13-17/h4-10,13,15,21H,11-12,14H2,1-3H3,(H,22,23). The first-order chi connectivity index (χ1) is 11.5. The van der Waals surface area contributed by atoms with Gasteiger partial charge in [0.25, 0.3) is 0 Å². The monoisotopic (exact) mass is 326 g/mol. The topological polar surface area (TPSA) is 50.4 Å². The Bertz CT molecular complexity index is 651. The van der Waals surface area contributed by atoms with Crippen LogP contribution >= 0.6 is 0 Å². The van der Waals surface area contributed by atoms with E-state index in [0.29, 0.717) is 19.5 Å². The Labute approximate surface area is 144 Å². The van der Waals surface area contributed by atoms with Crippen LogP contribution in [0.4, 0.5) is 5.69 Å². The minimum Gasteiger partial charge on any atom is -0.491 e. The van der Waals surface area contributed by atoms with Gasteiger partial charge in [-0.05, 0) is 50.6 Å². The molecule has 1 amide bonds. The molecule has 4 heteroatoms. The summed E-state index contributed by atoms with van der Waals surface area (Å²) < 4.78 is 5.60. The van der Waals surface area contributed by atoms with E-state index in [2.05, 4.69) is 16.7 Å². The molecular weight excluding hydrogens is 300 g/mol. The molecule has 0 aliphatic carbocycles. The Morgan fingerprint density at radius 1 is 1.12 bits per heavy atom. The molecule has 0 radical (unpaired) electrons. The third-order valence-corrected chi connectivity index (χ3v) is 3.48. The van der Waals surface area contributed by atoms with Gasteiger partial charge in [-0.1, -0.05) is 29.8 Å². The molecule has 0 spiro atoms. The van der Waals surface area contributed by atoms with Crippen LogP contribution in [-0.4, -0.2) is 18.6 Å². The predicted octanol–water partition coefficient (Wildman–Crippen LogP) is 3.90. The van der Waals surface area contributed by atoms with Crippen LogP contribution in [-0.2, 0) is 11.3 Å². The number of carbonyl (C=O) groups excluding carboxylic acids is 1. The number of ether oxygens (including phenoxy) is 1. The molecule has 24 heavy (non-hydrogen) atoms. The lowest BCUT2D eigenvalue weighted by atomic mass is 10.1. The van der Waals surface area contributed by atoms with Crippen LogP contribution in [0.2, 0.25) is 0 Å². The van der Waals surface area contributed by atoms with Crippen LogP contribution in [0.15, 0.2) is 48.5 Å². The van der Waals surface area contributed by atoms with Crippen molar-refractivity contribution in [2.45, 2.75) is 39.8 Å². The van der Waals surface area contributed by atoms with Gasteiger partial charge in [-0.3, -0.25) is 4.79 Å². The Kier molecular flexibility index (Phi) is 6.67. The molecule has 128 valence electrons. The van der Waals surface area contributed by atoms with Gasteiger partial charge in [-0.25, -0.2) is 0 Å². The maximum Gasteiger partial charge on any atom is 0.222 e. The van der Waals surface area contributed by atoms with Crippen LogP contribution in [0.3, 0.4) is 0 Å². The Morgan fingerprint density at radius 3 is 2.54 bits per heavy atom. The van der Waals surface area contributed by atoms with E-state index < -0.39 is 0 Å². The fraction of sp³-hybridized carbons (Fsp3) is 0.350. The van der Waals surface area contributed by atoms with Crippen molar-refractivity contribution in [3.63, 3.8) is 0 Å². The van der Waals surface area contributed by atoms with Crippen molar-refractivity contribution >= 4 is 11.6 Å². The molecule has 0 aliphatic heterocycles. The summed E-state index contributed by atoms with van der Waals surface area (Å²) in [6, 6.07) is 15.9. The summed E-state index contributed by atoms with van der Waals surface area (Å²) in [6.45, 7) is 7.22. The number of nitrogens with one attached hydrogen (secondary N) is 2. The number of carbonyl (C=O) groups is 1. The molecule has 0 bridgehead atoms. The molecular formula is C20H26N2O2. The van der Waals surface area contributed by atoms with Crippen molar-refractivity contribution in [3.05, 3.63) is 59.7 Å². The van der Waals surface area contributed by atoms with Gasteiger partial charge in [-0.15, -0.1) is 0 Å². The molecule has 0 heterocycles. The lowest BCUT2D eigenvalue weighted by Crippen LogP contribution is -2.24. The smallest absolute Gasteiger partial charge is 0.222 e. The second-order valence-electron chi connectivity index (χ2n) is 6.13. The van der Waals surface area contributed by atoms with E-state index in [0.717, 1.165) is 17.0 Å². The number of aryl methyl sites for hydroxylation is 1. The summed E-state index contributed by atoms with van der Waals surface area (Å²) >= 11 is 0. The van der Waals surface area contributed by atoms with E-state index in [1.54, 1.807) is 0 Å². The Morgan fingerprint density at radius 2 is 1.88 bits per heavy atom. The number of amides is 1. The quantitative estimate of drug-likeness (QED) is 0.773. The van der Waals surface area contributed by atoms with Crippen LogP contribution in [0.25, 0.3) is 0 Å². The molecule has 4 nitrogen and oxygen atoms in total. The summed E-state index contributed by atoms with van der Waals surface area (Å²) in [4.78, 5) is 11.9. The van der Waals surface area contributed by atoms with E-state index in [-0.39, 0.29) is 12.0 Å². The summed E-state index contributed by atoms with van der Waals surface area (Å²) in [6.07, 6.45) is 0.608. The van der Waals surface area contributed by atoms with Crippen molar-refractivity contribution < 1.29 is 9.53 Å². The number of hydrogen-bond acceptors (Lipinski definition) is 3. The van der Waals surface area contributed by atoms with Crippen molar-refractivity contribution in [3.8, 4) is 5.75 Å². The van der Waals surface area contributed by atoms with E-state index >= 15 is 0 Å². The zero-order chi connectivity index (χ0) is 17.4. The average molecular weight is 326 g/mol. The zero-order valence-electron chi connectivity index (χ0n) is 14.6. The molecule has 0 saturated heterocycles. The summed E-state index contributed by atoms with van der Waals surface area (Å²) in [7, 11) is 0. The summed E-state index contributed by atoms with van der Waals surface area (Å²) in [5, 5.41) is 6.19. The Balaban J connectivity index is 1.68. The molecule has 2 N–H and O–H groups in total. The molecule has 0 unspecified atom stereocenters. The average Bonchev–Trinajstić information content (AvgIpc) is 2.54. The van der Waals surface area contributed by atoms with Gasteiger partial charge in [0.05, 0.1) is 6.10 Å². The lowest BCUT2D eigenvalue weighted by Gasteiger charge is -2.11. The van der Waals surface area contributed by atoms with Gasteiger partial charge in [0.2, 0.25) is 5.91 Å². The molecule has 0 atom stereocenters. The van der Waals surface area contributed by atoms with Gasteiger partial charge in [0.1, 0.15) is 5.75 Å². The zero-order valence-corrected chi connectivity index (χ0v) is 14.6. The third-order valence-electron chi connectivity index (χ3n) is 3.48. The Hall–Kier alpha value is -2.49. The summed E-state index contributed by atoms with van der Waals surface area (Å²) in [5.74, 6) is 0.898. The maximum absolute atomic E-state index is 11.9. The maximum atomic E-state index is 11.9. The second kappa shape index (κ2) is 8.96. The second-order valence-corrected chi connectivity index (χ2v) is 6.13. The number of rotatable bonds is 8. The molecule has 0 saturated carbocycles. The normalized spacial score (nSPS) is 10.5. The van der Waals surface area contributed by atoms with Crippen LogP contribution in [0.1, 0.15) is 31.4 Å².